The predicted octanol–water partition coefficient (Wildman–Crippen LogP) is 2.20. The van der Waals surface area contributed by atoms with E-state index in [1.54, 1.807) is 0 Å². The number of anilines is 1. The zero-order valence-electron chi connectivity index (χ0n) is 8.69. The highest BCUT2D eigenvalue weighted by molar-refractivity contribution is 6.31. The molecule has 1 heterocycles. The summed E-state index contributed by atoms with van der Waals surface area (Å²) >= 11 is 5.85. The third-order valence-corrected chi connectivity index (χ3v) is 3.09. The van der Waals surface area contributed by atoms with E-state index in [2.05, 4.69) is 10.2 Å². The van der Waals surface area contributed by atoms with Crippen LogP contribution in [0, 0.1) is 12.7 Å². The first-order valence-corrected chi connectivity index (χ1v) is 5.47. The number of aryl methyl sites for hydroxylation is 1. The molecule has 0 aliphatic carbocycles. The Labute approximate surface area is 94.0 Å². The monoisotopic (exact) mass is 228 g/mol. The largest absolute Gasteiger partial charge is 0.367 e. The normalized spacial score (nSPS) is 16.9. The van der Waals surface area contributed by atoms with Crippen molar-refractivity contribution < 1.29 is 4.39 Å². The van der Waals surface area contributed by atoms with Gasteiger partial charge in [-0.2, -0.15) is 0 Å². The minimum Gasteiger partial charge on any atom is -0.367 e. The molecule has 0 aromatic heterocycles. The molecule has 0 spiro atoms. The zero-order chi connectivity index (χ0) is 10.8. The van der Waals surface area contributed by atoms with Gasteiger partial charge in [-0.3, -0.25) is 0 Å². The lowest BCUT2D eigenvalue weighted by Gasteiger charge is -2.30. The molecule has 4 heteroatoms. The molecule has 0 bridgehead atoms. The van der Waals surface area contributed by atoms with Gasteiger partial charge >= 0.3 is 0 Å². The van der Waals surface area contributed by atoms with Crippen LogP contribution in [0.2, 0.25) is 5.02 Å². The summed E-state index contributed by atoms with van der Waals surface area (Å²) in [6.07, 6.45) is 0. The van der Waals surface area contributed by atoms with E-state index in [-0.39, 0.29) is 5.82 Å². The molecule has 0 radical (unpaired) electrons. The molecule has 1 aromatic rings. The molecule has 0 amide bonds. The molecule has 1 fully saturated rings. The molecule has 1 N–H and O–H groups in total. The van der Waals surface area contributed by atoms with E-state index >= 15 is 0 Å². The van der Waals surface area contributed by atoms with Crippen LogP contribution in [0.25, 0.3) is 0 Å². The lowest BCUT2D eigenvalue weighted by atomic mass is 10.2. The summed E-state index contributed by atoms with van der Waals surface area (Å²) < 4.78 is 13.7. The minimum absolute atomic E-state index is 0.229. The molecule has 2 rings (SSSR count). The Morgan fingerprint density at radius 3 is 2.67 bits per heavy atom. The number of rotatable bonds is 1. The van der Waals surface area contributed by atoms with Crippen LogP contribution in [0.5, 0.6) is 0 Å². The fourth-order valence-electron chi connectivity index (χ4n) is 1.79. The van der Waals surface area contributed by atoms with Crippen molar-refractivity contribution in [1.29, 1.82) is 0 Å². The maximum Gasteiger partial charge on any atom is 0.147 e. The van der Waals surface area contributed by atoms with Crippen LogP contribution in [0.3, 0.4) is 0 Å². The molecule has 82 valence electrons. The van der Waals surface area contributed by atoms with Gasteiger partial charge in [-0.15, -0.1) is 0 Å². The van der Waals surface area contributed by atoms with Gasteiger partial charge in [0.15, 0.2) is 0 Å². The summed E-state index contributed by atoms with van der Waals surface area (Å²) in [7, 11) is 0. The van der Waals surface area contributed by atoms with Gasteiger partial charge in [-0.1, -0.05) is 11.6 Å². The second-order valence-electron chi connectivity index (χ2n) is 3.79. The van der Waals surface area contributed by atoms with E-state index < -0.39 is 0 Å². The van der Waals surface area contributed by atoms with E-state index in [1.165, 1.54) is 6.07 Å². The van der Waals surface area contributed by atoms with Gasteiger partial charge < -0.3 is 10.2 Å². The second kappa shape index (κ2) is 4.37. The predicted molar refractivity (Wildman–Crippen MR) is 61.2 cm³/mol. The molecule has 1 aliphatic rings. The highest BCUT2D eigenvalue weighted by atomic mass is 35.5. The Bertz CT molecular complexity index is 362. The number of nitrogens with one attached hydrogen (secondary N) is 1. The van der Waals surface area contributed by atoms with Crippen molar-refractivity contribution in [2.45, 2.75) is 6.92 Å². The number of benzene rings is 1. The Hall–Kier alpha value is -0.800. The molecule has 1 saturated heterocycles. The third-order valence-electron chi connectivity index (χ3n) is 2.69. The van der Waals surface area contributed by atoms with Crippen LogP contribution in [-0.4, -0.2) is 26.2 Å². The van der Waals surface area contributed by atoms with Gasteiger partial charge in [0, 0.05) is 31.2 Å². The molecule has 0 unspecified atom stereocenters. The van der Waals surface area contributed by atoms with E-state index in [1.807, 2.05) is 13.0 Å². The highest BCUT2D eigenvalue weighted by Crippen LogP contribution is 2.26. The molecule has 0 saturated carbocycles. The fraction of sp³-hybridized carbons (Fsp3) is 0.455. The molecule has 1 aliphatic heterocycles. The molecule has 2 nitrogen and oxygen atoms in total. The van der Waals surface area contributed by atoms with Crippen LogP contribution in [0.4, 0.5) is 10.1 Å². The van der Waals surface area contributed by atoms with Crippen molar-refractivity contribution in [2.24, 2.45) is 0 Å². The standard InChI is InChI=1S/C11H14ClFN2/c1-8-6-11(10(13)7-9(8)12)15-4-2-14-3-5-15/h6-7,14H,2-5H2,1H3. The first-order valence-electron chi connectivity index (χ1n) is 5.10. The van der Waals surface area contributed by atoms with Crippen molar-refractivity contribution >= 4 is 17.3 Å². The first-order chi connectivity index (χ1) is 7.18. The van der Waals surface area contributed by atoms with Crippen molar-refractivity contribution in [3.8, 4) is 0 Å². The van der Waals surface area contributed by atoms with Crippen molar-refractivity contribution in [3.63, 3.8) is 0 Å². The molecule has 0 atom stereocenters. The van der Waals surface area contributed by atoms with Crippen LogP contribution >= 0.6 is 11.6 Å². The van der Waals surface area contributed by atoms with Crippen molar-refractivity contribution in [2.75, 3.05) is 31.1 Å². The van der Waals surface area contributed by atoms with Gasteiger partial charge in [-0.25, -0.2) is 4.39 Å². The van der Waals surface area contributed by atoms with Crippen molar-refractivity contribution in [3.05, 3.63) is 28.5 Å². The molecule has 15 heavy (non-hydrogen) atoms. The van der Waals surface area contributed by atoms with Crippen LogP contribution in [0.1, 0.15) is 5.56 Å². The summed E-state index contributed by atoms with van der Waals surface area (Å²) in [5, 5.41) is 3.73. The van der Waals surface area contributed by atoms with E-state index in [4.69, 9.17) is 11.6 Å². The number of hydrogen-bond donors (Lipinski definition) is 1. The van der Waals surface area contributed by atoms with Gasteiger partial charge in [-0.05, 0) is 24.6 Å². The summed E-state index contributed by atoms with van der Waals surface area (Å²) in [6.45, 7) is 5.39. The Kier molecular flexibility index (Phi) is 3.12. The van der Waals surface area contributed by atoms with E-state index in [9.17, 15) is 4.39 Å². The Morgan fingerprint density at radius 1 is 1.33 bits per heavy atom. The number of nitrogens with zero attached hydrogens (tertiary/aromatic N) is 1. The number of piperazine rings is 1. The SMILES string of the molecule is Cc1cc(N2CCNCC2)c(F)cc1Cl. The Morgan fingerprint density at radius 2 is 2.00 bits per heavy atom. The molecular formula is C11H14ClFN2. The third kappa shape index (κ3) is 2.24. The Balaban J connectivity index is 2.30. The van der Waals surface area contributed by atoms with Crippen LogP contribution < -0.4 is 10.2 Å². The van der Waals surface area contributed by atoms with Gasteiger partial charge in [0.2, 0.25) is 0 Å². The molecule has 1 aromatic carbocycles. The van der Waals surface area contributed by atoms with Crippen LogP contribution in [0.15, 0.2) is 12.1 Å². The quantitative estimate of drug-likeness (QED) is 0.793. The van der Waals surface area contributed by atoms with E-state index in [0.717, 1.165) is 31.7 Å². The van der Waals surface area contributed by atoms with E-state index in [0.29, 0.717) is 10.7 Å². The lowest BCUT2D eigenvalue weighted by Crippen LogP contribution is -2.43. The summed E-state index contributed by atoms with van der Waals surface area (Å²) in [4.78, 5) is 2.05. The summed E-state index contributed by atoms with van der Waals surface area (Å²) in [5.74, 6) is -0.229. The summed E-state index contributed by atoms with van der Waals surface area (Å²) in [5.41, 5.74) is 1.59. The maximum absolute atomic E-state index is 13.7. The van der Waals surface area contributed by atoms with Crippen molar-refractivity contribution in [1.82, 2.24) is 5.32 Å². The first kappa shape index (κ1) is 10.7. The highest BCUT2D eigenvalue weighted by Gasteiger charge is 2.15. The smallest absolute Gasteiger partial charge is 0.147 e. The zero-order valence-corrected chi connectivity index (χ0v) is 9.44. The topological polar surface area (TPSA) is 15.3 Å². The number of hydrogen-bond acceptors (Lipinski definition) is 2. The average molecular weight is 229 g/mol. The summed E-state index contributed by atoms with van der Waals surface area (Å²) in [6, 6.07) is 3.22. The minimum atomic E-state index is -0.229. The average Bonchev–Trinajstić information content (AvgIpc) is 2.25. The van der Waals surface area contributed by atoms with Crippen LogP contribution in [-0.2, 0) is 0 Å². The number of halogens is 2. The van der Waals surface area contributed by atoms with Gasteiger partial charge in [0.05, 0.1) is 5.69 Å². The lowest BCUT2D eigenvalue weighted by molar-refractivity contribution is 0.566. The fourth-order valence-corrected chi connectivity index (χ4v) is 1.94. The molecular weight excluding hydrogens is 215 g/mol. The maximum atomic E-state index is 13.7. The van der Waals surface area contributed by atoms with Gasteiger partial charge in [0.1, 0.15) is 5.82 Å². The second-order valence-corrected chi connectivity index (χ2v) is 4.20. The van der Waals surface area contributed by atoms with Gasteiger partial charge in [0.25, 0.3) is 0 Å².